The van der Waals surface area contributed by atoms with E-state index in [0.717, 1.165) is 35.4 Å². The number of hydrogen-bond acceptors (Lipinski definition) is 7. The van der Waals surface area contributed by atoms with Crippen LogP contribution in [0.4, 0.5) is 15.8 Å². The predicted octanol–water partition coefficient (Wildman–Crippen LogP) is 3.41. The van der Waals surface area contributed by atoms with Crippen molar-refractivity contribution in [1.82, 2.24) is 24.7 Å². The molecule has 0 amide bonds. The smallest absolute Gasteiger partial charge is 0.316 e. The second-order valence-electron chi connectivity index (χ2n) is 9.01. The highest BCUT2D eigenvalue weighted by Gasteiger charge is 2.24. The Labute approximate surface area is 203 Å². The molecule has 0 aliphatic carbocycles. The van der Waals surface area contributed by atoms with Crippen LogP contribution in [0.5, 0.6) is 6.01 Å². The largest absolute Gasteiger partial charge is 0.467 e. The zero-order valence-corrected chi connectivity index (χ0v) is 20.5. The molecule has 35 heavy (non-hydrogen) atoms. The number of benzene rings is 1. The topological polar surface area (TPSA) is 92.0 Å². The molecule has 1 aliphatic rings. The van der Waals surface area contributed by atoms with Gasteiger partial charge in [-0.1, -0.05) is 0 Å². The van der Waals surface area contributed by atoms with Crippen molar-refractivity contribution in [2.45, 2.75) is 32.9 Å². The third-order valence-corrected chi connectivity index (χ3v) is 6.15. The molecule has 9 nitrogen and oxygen atoms in total. The molecule has 0 radical (unpaired) electrons. The van der Waals surface area contributed by atoms with Gasteiger partial charge in [-0.3, -0.25) is 4.99 Å². The number of fused-ring (bicyclic) bond motifs is 2. The first kappa shape index (κ1) is 23.0. The summed E-state index contributed by atoms with van der Waals surface area (Å²) < 4.78 is 21.7. The van der Waals surface area contributed by atoms with E-state index >= 15 is 0 Å². The van der Waals surface area contributed by atoms with Crippen LogP contribution in [0.25, 0.3) is 16.6 Å². The molecule has 0 spiro atoms. The standard InChI is InChI=1S/C25H29FN8O/c1-14-10-33(11-15(2)29-14)21-7-6-18(22-19(21)9-28-25(32-22)35-5)23(27-4)31-17-8-20(26)24-30-16(3)12-34(24)13-17/h6-9,12-15,29H,10-11H2,1-5H3,(H,27,31)/t14-,15-/m1/s1. The lowest BCUT2D eigenvalue weighted by Crippen LogP contribution is -2.54. The lowest BCUT2D eigenvalue weighted by Gasteiger charge is -2.38. The maximum absolute atomic E-state index is 14.7. The summed E-state index contributed by atoms with van der Waals surface area (Å²) in [5, 5.41) is 7.74. The van der Waals surface area contributed by atoms with Crippen LogP contribution in [0, 0.1) is 12.7 Å². The van der Waals surface area contributed by atoms with Crippen LogP contribution in [0.15, 0.2) is 41.8 Å². The van der Waals surface area contributed by atoms with Crippen molar-refractivity contribution < 1.29 is 9.13 Å². The van der Waals surface area contributed by atoms with E-state index in [2.05, 4.69) is 55.4 Å². The second kappa shape index (κ2) is 9.10. The molecule has 1 saturated heterocycles. The highest BCUT2D eigenvalue weighted by atomic mass is 19.1. The summed E-state index contributed by atoms with van der Waals surface area (Å²) in [6, 6.07) is 6.48. The van der Waals surface area contributed by atoms with Crippen molar-refractivity contribution in [3.05, 3.63) is 53.9 Å². The summed E-state index contributed by atoms with van der Waals surface area (Å²) in [5.74, 6) is 0.143. The van der Waals surface area contributed by atoms with Crippen molar-refractivity contribution in [2.24, 2.45) is 4.99 Å². The monoisotopic (exact) mass is 476 g/mol. The minimum atomic E-state index is -0.412. The van der Waals surface area contributed by atoms with Crippen LogP contribution in [0.3, 0.4) is 0 Å². The molecule has 5 rings (SSSR count). The average molecular weight is 477 g/mol. The molecule has 182 valence electrons. The highest BCUT2D eigenvalue weighted by Crippen LogP contribution is 2.31. The first-order valence-corrected chi connectivity index (χ1v) is 11.6. The Bertz CT molecular complexity index is 1420. The number of halogens is 1. The number of hydrogen-bond donors (Lipinski definition) is 2. The van der Waals surface area contributed by atoms with Crippen molar-refractivity contribution in [1.29, 1.82) is 0 Å². The van der Waals surface area contributed by atoms with E-state index in [4.69, 9.17) is 4.74 Å². The van der Waals surface area contributed by atoms with E-state index in [1.807, 2.05) is 13.0 Å². The number of amidine groups is 1. The first-order chi connectivity index (χ1) is 16.9. The van der Waals surface area contributed by atoms with Gasteiger partial charge in [0.25, 0.3) is 0 Å². The number of aliphatic imine (C=N–C) groups is 1. The summed E-state index contributed by atoms with van der Waals surface area (Å²) >= 11 is 0. The fourth-order valence-electron chi connectivity index (χ4n) is 4.81. The summed E-state index contributed by atoms with van der Waals surface area (Å²) in [7, 11) is 3.24. The normalized spacial score (nSPS) is 18.9. The van der Waals surface area contributed by atoms with Gasteiger partial charge >= 0.3 is 6.01 Å². The Balaban J connectivity index is 1.58. The summed E-state index contributed by atoms with van der Waals surface area (Å²) in [4.78, 5) is 20.1. The van der Waals surface area contributed by atoms with Crippen LogP contribution >= 0.6 is 0 Å². The van der Waals surface area contributed by atoms with E-state index in [1.165, 1.54) is 6.07 Å². The van der Waals surface area contributed by atoms with Crippen molar-refractivity contribution in [3.63, 3.8) is 0 Å². The van der Waals surface area contributed by atoms with Gasteiger partial charge in [0.2, 0.25) is 0 Å². The number of aromatic nitrogens is 4. The number of nitrogens with zero attached hydrogens (tertiary/aromatic N) is 6. The van der Waals surface area contributed by atoms with Crippen LogP contribution in [-0.2, 0) is 0 Å². The number of methoxy groups -OCH3 is 1. The van der Waals surface area contributed by atoms with E-state index in [0.29, 0.717) is 29.1 Å². The van der Waals surface area contributed by atoms with E-state index in [1.54, 1.807) is 37.1 Å². The minimum Gasteiger partial charge on any atom is -0.467 e. The molecule has 1 aromatic carbocycles. The fraction of sp³-hybridized carbons (Fsp3) is 0.360. The van der Waals surface area contributed by atoms with E-state index in [-0.39, 0.29) is 11.7 Å². The molecule has 3 aromatic heterocycles. The number of piperazine rings is 1. The van der Waals surface area contributed by atoms with Gasteiger partial charge in [0.15, 0.2) is 11.5 Å². The predicted molar refractivity (Wildman–Crippen MR) is 136 cm³/mol. The van der Waals surface area contributed by atoms with Crippen molar-refractivity contribution in [2.75, 3.05) is 37.5 Å². The summed E-state index contributed by atoms with van der Waals surface area (Å²) in [6.07, 6.45) is 5.37. The SMILES string of the molecule is CN=C(Nc1cc(F)c2nc(C)cn2c1)c1ccc(N2C[C@@H](C)N[C@H](C)C2)c2cnc(OC)nc12. The molecule has 10 heteroatoms. The Morgan fingerprint density at radius 3 is 2.69 bits per heavy atom. The maximum Gasteiger partial charge on any atom is 0.316 e. The van der Waals surface area contributed by atoms with Gasteiger partial charge in [0, 0.05) is 73.5 Å². The van der Waals surface area contributed by atoms with Gasteiger partial charge in [-0.05, 0) is 32.9 Å². The molecule has 0 unspecified atom stereocenters. The van der Waals surface area contributed by atoms with Gasteiger partial charge in [-0.2, -0.15) is 4.98 Å². The minimum absolute atomic E-state index is 0.273. The van der Waals surface area contributed by atoms with Gasteiger partial charge in [0.05, 0.1) is 24.0 Å². The fourth-order valence-corrected chi connectivity index (χ4v) is 4.81. The third kappa shape index (κ3) is 4.37. The maximum atomic E-state index is 14.7. The second-order valence-corrected chi connectivity index (χ2v) is 9.01. The average Bonchev–Trinajstić information content (AvgIpc) is 3.21. The Kier molecular flexibility index (Phi) is 5.98. The number of imidazole rings is 1. The van der Waals surface area contributed by atoms with Gasteiger partial charge in [0.1, 0.15) is 5.84 Å². The molecule has 2 N–H and O–H groups in total. The van der Waals surface area contributed by atoms with Crippen LogP contribution in [0.2, 0.25) is 0 Å². The van der Waals surface area contributed by atoms with E-state index in [9.17, 15) is 4.39 Å². The summed E-state index contributed by atoms with van der Waals surface area (Å²) in [6.45, 7) is 7.95. The molecular weight excluding hydrogens is 447 g/mol. The first-order valence-electron chi connectivity index (χ1n) is 11.6. The Hall–Kier alpha value is -3.79. The molecule has 0 saturated carbocycles. The van der Waals surface area contributed by atoms with Gasteiger partial charge < -0.3 is 24.7 Å². The van der Waals surface area contributed by atoms with E-state index < -0.39 is 5.82 Å². The number of anilines is 2. The quantitative estimate of drug-likeness (QED) is 0.345. The number of rotatable bonds is 4. The zero-order valence-electron chi connectivity index (χ0n) is 20.5. The van der Waals surface area contributed by atoms with Crippen LogP contribution in [0.1, 0.15) is 25.1 Å². The Morgan fingerprint density at radius 2 is 1.97 bits per heavy atom. The van der Waals surface area contributed by atoms with Crippen molar-refractivity contribution in [3.8, 4) is 6.01 Å². The number of nitrogens with one attached hydrogen (secondary N) is 2. The van der Waals surface area contributed by atoms with Gasteiger partial charge in [-0.25, -0.2) is 14.4 Å². The molecule has 1 fully saturated rings. The van der Waals surface area contributed by atoms with Crippen molar-refractivity contribution >= 4 is 33.8 Å². The van der Waals surface area contributed by atoms with Crippen LogP contribution in [-0.4, -0.2) is 64.5 Å². The highest BCUT2D eigenvalue weighted by molar-refractivity contribution is 6.16. The number of aryl methyl sites for hydroxylation is 1. The lowest BCUT2D eigenvalue weighted by molar-refractivity contribution is 0.381. The molecule has 1 aliphatic heterocycles. The number of ether oxygens (including phenoxy) is 1. The van der Waals surface area contributed by atoms with Crippen LogP contribution < -0.4 is 20.3 Å². The molecular formula is C25H29FN8O. The molecule has 0 bridgehead atoms. The molecule has 4 heterocycles. The number of pyridine rings is 1. The van der Waals surface area contributed by atoms with Gasteiger partial charge in [-0.15, -0.1) is 0 Å². The third-order valence-electron chi connectivity index (χ3n) is 6.15. The lowest BCUT2D eigenvalue weighted by atomic mass is 10.0. The molecule has 2 atom stereocenters. The zero-order chi connectivity index (χ0) is 24.7. The summed E-state index contributed by atoms with van der Waals surface area (Å²) in [5.41, 5.74) is 4.12. The molecule has 4 aromatic rings. The Morgan fingerprint density at radius 1 is 1.20 bits per heavy atom.